The van der Waals surface area contributed by atoms with Crippen molar-refractivity contribution >= 4 is 27.6 Å². The Labute approximate surface area is 193 Å². The SMILES string of the molecule is CCNc1cc(F)c(F)c2c1[nH]c1ncc(-c3cnc(OC)nc3)c(-n3ccc(C(F)(F)F)n3)c12. The molecule has 4 heterocycles. The van der Waals surface area contributed by atoms with Gasteiger partial charge in [-0.3, -0.25) is 0 Å². The van der Waals surface area contributed by atoms with E-state index in [0.29, 0.717) is 12.1 Å². The van der Waals surface area contributed by atoms with E-state index in [4.69, 9.17) is 4.74 Å². The molecule has 35 heavy (non-hydrogen) atoms. The maximum absolute atomic E-state index is 15.2. The van der Waals surface area contributed by atoms with E-state index in [9.17, 15) is 17.6 Å². The summed E-state index contributed by atoms with van der Waals surface area (Å²) in [6.45, 7) is 2.20. The number of ether oxygens (including phenoxy) is 1. The molecule has 0 fully saturated rings. The fraction of sp³-hybridized carbons (Fsp3) is 0.182. The quantitative estimate of drug-likeness (QED) is 0.334. The number of fused-ring (bicyclic) bond motifs is 3. The molecule has 0 saturated carbocycles. The van der Waals surface area contributed by atoms with E-state index >= 15 is 4.39 Å². The monoisotopic (exact) mass is 489 g/mol. The molecule has 4 aromatic heterocycles. The lowest BCUT2D eigenvalue weighted by molar-refractivity contribution is -0.141. The summed E-state index contributed by atoms with van der Waals surface area (Å²) in [6.07, 6.45) is 0.502. The first-order chi connectivity index (χ1) is 16.7. The number of hydrogen-bond acceptors (Lipinski definition) is 6. The highest BCUT2D eigenvalue weighted by molar-refractivity contribution is 6.15. The van der Waals surface area contributed by atoms with Crippen LogP contribution >= 0.6 is 0 Å². The molecule has 0 aliphatic rings. The van der Waals surface area contributed by atoms with E-state index < -0.39 is 23.5 Å². The normalized spacial score (nSPS) is 12.0. The Morgan fingerprint density at radius 3 is 2.46 bits per heavy atom. The predicted octanol–water partition coefficient (Wildman–Crippen LogP) is 5.10. The number of H-pyrrole nitrogens is 1. The van der Waals surface area contributed by atoms with Gasteiger partial charge in [0.05, 0.1) is 34.8 Å². The minimum absolute atomic E-state index is 0.0393. The van der Waals surface area contributed by atoms with Crippen molar-refractivity contribution in [3.63, 3.8) is 0 Å². The number of alkyl halides is 3. The summed E-state index contributed by atoms with van der Waals surface area (Å²) in [5.41, 5.74) is 0.0819. The molecule has 0 unspecified atom stereocenters. The van der Waals surface area contributed by atoms with Gasteiger partial charge in [0.15, 0.2) is 17.3 Å². The van der Waals surface area contributed by atoms with Crippen molar-refractivity contribution in [3.8, 4) is 22.8 Å². The van der Waals surface area contributed by atoms with E-state index in [2.05, 4.69) is 30.4 Å². The number of aromatic amines is 1. The van der Waals surface area contributed by atoms with E-state index in [1.807, 2.05) is 0 Å². The first kappa shape index (κ1) is 22.5. The molecule has 0 spiro atoms. The molecule has 2 N–H and O–H groups in total. The summed E-state index contributed by atoms with van der Waals surface area (Å²) >= 11 is 0. The van der Waals surface area contributed by atoms with Crippen LogP contribution < -0.4 is 10.1 Å². The number of halogens is 5. The second-order valence-corrected chi connectivity index (χ2v) is 7.47. The van der Waals surface area contributed by atoms with Gasteiger partial charge in [0.2, 0.25) is 0 Å². The van der Waals surface area contributed by atoms with Gasteiger partial charge in [0, 0.05) is 48.5 Å². The Bertz CT molecular complexity index is 1560. The highest BCUT2D eigenvalue weighted by atomic mass is 19.4. The third kappa shape index (κ3) is 3.68. The van der Waals surface area contributed by atoms with Gasteiger partial charge in [0.25, 0.3) is 0 Å². The first-order valence-corrected chi connectivity index (χ1v) is 10.3. The zero-order chi connectivity index (χ0) is 24.9. The van der Waals surface area contributed by atoms with Crippen molar-refractivity contribution in [2.75, 3.05) is 19.0 Å². The molecule has 8 nitrogen and oxygen atoms in total. The minimum Gasteiger partial charge on any atom is -0.467 e. The van der Waals surface area contributed by atoms with Crippen molar-refractivity contribution in [2.24, 2.45) is 0 Å². The number of nitrogens with zero attached hydrogens (tertiary/aromatic N) is 5. The Kier molecular flexibility index (Phi) is 5.26. The Balaban J connectivity index is 1.91. The van der Waals surface area contributed by atoms with E-state index in [0.717, 1.165) is 23.0 Å². The summed E-state index contributed by atoms with van der Waals surface area (Å²) in [7, 11) is 1.38. The van der Waals surface area contributed by atoms with Crippen LogP contribution in [0.3, 0.4) is 0 Å². The smallest absolute Gasteiger partial charge is 0.435 e. The van der Waals surface area contributed by atoms with Crippen molar-refractivity contribution in [3.05, 3.63) is 54.2 Å². The Hall–Kier alpha value is -4.29. The maximum Gasteiger partial charge on any atom is 0.435 e. The van der Waals surface area contributed by atoms with Gasteiger partial charge in [0.1, 0.15) is 5.65 Å². The van der Waals surface area contributed by atoms with Crippen LogP contribution in [0.4, 0.5) is 27.6 Å². The average Bonchev–Trinajstić information content (AvgIpc) is 3.48. The standard InChI is InChI=1S/C22H16F5N7O/c1-3-28-13-6-12(23)17(24)15-16-19(34-5-4-14(33-34)22(25,26)27)11(9-29-20(16)32-18(13)15)10-7-30-21(35-2)31-8-10/h4-9,28H,3H2,1-2H3,(H,29,32). The van der Waals surface area contributed by atoms with Crippen molar-refractivity contribution in [2.45, 2.75) is 13.1 Å². The van der Waals surface area contributed by atoms with Crippen LogP contribution in [0, 0.1) is 11.6 Å². The summed E-state index contributed by atoms with van der Waals surface area (Å²) in [5.74, 6) is -2.31. The molecule has 0 radical (unpaired) electrons. The molecular weight excluding hydrogens is 473 g/mol. The molecule has 0 amide bonds. The zero-order valence-electron chi connectivity index (χ0n) is 18.2. The van der Waals surface area contributed by atoms with Crippen molar-refractivity contribution < 1.29 is 26.7 Å². The molecule has 13 heteroatoms. The van der Waals surface area contributed by atoms with Crippen LogP contribution in [-0.2, 0) is 6.18 Å². The lowest BCUT2D eigenvalue weighted by Crippen LogP contribution is -2.08. The van der Waals surface area contributed by atoms with Crippen LogP contribution in [0.5, 0.6) is 6.01 Å². The summed E-state index contributed by atoms with van der Waals surface area (Å²) in [5, 5.41) is 6.48. The number of benzene rings is 1. The van der Waals surface area contributed by atoms with E-state index in [1.165, 1.54) is 25.7 Å². The zero-order valence-corrected chi connectivity index (χ0v) is 18.2. The molecular formula is C22H16F5N7O. The topological polar surface area (TPSA) is 93.5 Å². The summed E-state index contributed by atoms with van der Waals surface area (Å²) < 4.78 is 75.7. The van der Waals surface area contributed by atoms with Gasteiger partial charge in [-0.15, -0.1) is 0 Å². The first-order valence-electron chi connectivity index (χ1n) is 10.3. The van der Waals surface area contributed by atoms with Gasteiger partial charge in [-0.25, -0.2) is 28.4 Å². The van der Waals surface area contributed by atoms with Crippen LogP contribution in [0.15, 0.2) is 36.9 Å². The van der Waals surface area contributed by atoms with Gasteiger partial charge in [-0.1, -0.05) is 0 Å². The molecule has 0 aliphatic heterocycles. The second-order valence-electron chi connectivity index (χ2n) is 7.47. The summed E-state index contributed by atoms with van der Waals surface area (Å²) in [6, 6.07) is 1.86. The molecule has 0 bridgehead atoms. The summed E-state index contributed by atoms with van der Waals surface area (Å²) in [4.78, 5) is 15.3. The molecule has 1 aromatic carbocycles. The van der Waals surface area contributed by atoms with Crippen LogP contribution in [0.25, 0.3) is 38.8 Å². The average molecular weight is 489 g/mol. The van der Waals surface area contributed by atoms with Gasteiger partial charge >= 0.3 is 12.2 Å². The fourth-order valence-corrected chi connectivity index (χ4v) is 3.88. The minimum atomic E-state index is -4.71. The molecule has 0 saturated heterocycles. The number of aromatic nitrogens is 6. The van der Waals surface area contributed by atoms with Crippen molar-refractivity contribution in [1.29, 1.82) is 0 Å². The number of anilines is 1. The number of nitrogens with one attached hydrogen (secondary N) is 2. The highest BCUT2D eigenvalue weighted by Gasteiger charge is 2.34. The number of pyridine rings is 1. The molecule has 180 valence electrons. The lowest BCUT2D eigenvalue weighted by atomic mass is 10.0. The van der Waals surface area contributed by atoms with Crippen LogP contribution in [-0.4, -0.2) is 43.4 Å². The molecule has 5 rings (SSSR count). The van der Waals surface area contributed by atoms with E-state index in [-0.39, 0.29) is 44.9 Å². The predicted molar refractivity (Wildman–Crippen MR) is 117 cm³/mol. The molecule has 5 aromatic rings. The Morgan fingerprint density at radius 2 is 1.83 bits per heavy atom. The van der Waals surface area contributed by atoms with Crippen LogP contribution in [0.1, 0.15) is 12.6 Å². The molecule has 0 atom stereocenters. The lowest BCUT2D eigenvalue weighted by Gasteiger charge is -2.12. The second kappa shape index (κ2) is 8.18. The number of methoxy groups -OCH3 is 1. The largest absolute Gasteiger partial charge is 0.467 e. The fourth-order valence-electron chi connectivity index (χ4n) is 3.88. The maximum atomic E-state index is 15.2. The van der Waals surface area contributed by atoms with Gasteiger partial charge in [-0.05, 0) is 13.0 Å². The number of rotatable bonds is 5. The van der Waals surface area contributed by atoms with Crippen molar-refractivity contribution in [1.82, 2.24) is 29.7 Å². The number of hydrogen-bond donors (Lipinski definition) is 2. The van der Waals surface area contributed by atoms with Crippen LogP contribution in [0.2, 0.25) is 0 Å². The van der Waals surface area contributed by atoms with Gasteiger partial charge in [-0.2, -0.15) is 18.3 Å². The third-order valence-corrected chi connectivity index (χ3v) is 5.36. The Morgan fingerprint density at radius 1 is 1.09 bits per heavy atom. The highest BCUT2D eigenvalue weighted by Crippen LogP contribution is 2.40. The van der Waals surface area contributed by atoms with E-state index in [1.54, 1.807) is 6.92 Å². The third-order valence-electron chi connectivity index (χ3n) is 5.36. The van der Waals surface area contributed by atoms with Gasteiger partial charge < -0.3 is 15.0 Å². The molecule has 0 aliphatic carbocycles.